The van der Waals surface area contributed by atoms with E-state index in [4.69, 9.17) is 28.4 Å². The van der Waals surface area contributed by atoms with Crippen LogP contribution in [0.1, 0.15) is 292 Å². The summed E-state index contributed by atoms with van der Waals surface area (Å²) >= 11 is 0. The Morgan fingerprint density at radius 1 is 0.269 bits per heavy atom. The Morgan fingerprint density at radius 2 is 0.462 bits per heavy atom. The number of hydrogen-bond acceptors (Lipinski definition) is 12. The number of benzene rings is 1. The number of hydrogen-bond donors (Lipinski definition) is 3. The molecule has 0 radical (unpaired) electrons. The smallest absolute Gasteiger partial charge is 0.248 e. The van der Waals surface area contributed by atoms with Gasteiger partial charge in [0.1, 0.15) is 56.9 Å². The zero-order valence-corrected chi connectivity index (χ0v) is 60.3. The van der Waals surface area contributed by atoms with Gasteiger partial charge < -0.3 is 59.1 Å². The highest BCUT2D eigenvalue weighted by molar-refractivity contribution is 5.81. The second-order valence-corrected chi connectivity index (χ2v) is 25.5. The Kier molecular flexibility index (Phi) is 60.0. The molecule has 0 spiro atoms. The SMILES string of the molecule is CCCCCCCCN(CCCCCCCC)C(=O)COCC(=O)NCCCOc1cc(OCCCNC(=O)COCC(=O)N(CCCCCCCC)CCCCCCCC)cc(OCCCNC(=O)COCC(=O)N(CCCCCCCC)CCCCCCCC)c1. The molecule has 0 unspecified atom stereocenters. The van der Waals surface area contributed by atoms with Gasteiger partial charge in [0.05, 0.1) is 19.8 Å². The van der Waals surface area contributed by atoms with Crippen molar-refractivity contribution in [1.29, 1.82) is 0 Å². The first-order chi connectivity index (χ1) is 45.5. The first-order valence-corrected chi connectivity index (χ1v) is 37.9. The van der Waals surface area contributed by atoms with Gasteiger partial charge in [0, 0.05) is 77.1 Å². The first kappa shape index (κ1) is 86.3. The highest BCUT2D eigenvalue weighted by Crippen LogP contribution is 2.28. The summed E-state index contributed by atoms with van der Waals surface area (Å²) in [6.45, 7) is 18.5. The lowest BCUT2D eigenvalue weighted by molar-refractivity contribution is -0.139. The quantitative estimate of drug-likeness (QED) is 0.0522. The third kappa shape index (κ3) is 53.2. The molecule has 0 saturated heterocycles. The molecule has 0 aliphatic carbocycles. The average molecular weight is 1320 g/mol. The standard InChI is InChI=1S/C75H138N6O12/c1-7-13-19-25-31-37-49-79(50-38-32-26-20-14-8-2)73(85)64-88-61-70(82)76-46-43-55-91-67-58-68(92-56-44-47-77-71(83)62-89-65-74(86)80(51-39-33-27-21-15-9-3)52-40-34-28-22-16-10-4)60-69(59-67)93-57-45-48-78-72(84)63-90-66-75(87)81(53-41-35-29-23-17-11-5)54-42-36-30-24-18-12-6/h58-60H,7-57,61-66H2,1-6H3,(H,76,82)(H,77,83)(H,78,84). The molecule has 18 heteroatoms. The number of carbonyl (C=O) groups is 6. The summed E-state index contributed by atoms with van der Waals surface area (Å²) in [5.41, 5.74) is 0. The van der Waals surface area contributed by atoms with Crippen molar-refractivity contribution in [3.63, 3.8) is 0 Å². The number of ether oxygens (including phenoxy) is 6. The fourth-order valence-electron chi connectivity index (χ4n) is 11.0. The zero-order chi connectivity index (χ0) is 67.7. The lowest BCUT2D eigenvalue weighted by atomic mass is 10.1. The van der Waals surface area contributed by atoms with Gasteiger partial charge in [0.25, 0.3) is 0 Å². The highest BCUT2D eigenvalue weighted by atomic mass is 16.5. The van der Waals surface area contributed by atoms with Gasteiger partial charge in [-0.15, -0.1) is 0 Å². The molecular formula is C75H138N6O12. The molecule has 0 heterocycles. The maximum atomic E-state index is 13.2. The van der Waals surface area contributed by atoms with Crippen LogP contribution in [0.5, 0.6) is 17.2 Å². The Bertz CT molecular complexity index is 1690. The summed E-state index contributed by atoms with van der Waals surface area (Å²) in [5.74, 6) is 0.383. The van der Waals surface area contributed by atoms with Crippen LogP contribution in [0, 0.1) is 0 Å². The second-order valence-electron chi connectivity index (χ2n) is 25.5. The maximum Gasteiger partial charge on any atom is 0.248 e. The van der Waals surface area contributed by atoms with Crippen molar-refractivity contribution < 1.29 is 57.2 Å². The van der Waals surface area contributed by atoms with Gasteiger partial charge in [-0.05, 0) is 57.8 Å². The van der Waals surface area contributed by atoms with E-state index in [0.717, 1.165) is 116 Å². The molecule has 0 bridgehead atoms. The Labute approximate surface area is 566 Å². The minimum Gasteiger partial charge on any atom is -0.493 e. The fourth-order valence-corrected chi connectivity index (χ4v) is 11.0. The molecule has 93 heavy (non-hydrogen) atoms. The topological polar surface area (TPSA) is 204 Å². The van der Waals surface area contributed by atoms with E-state index >= 15 is 0 Å². The molecule has 0 atom stereocenters. The molecule has 0 aliphatic heterocycles. The maximum absolute atomic E-state index is 13.2. The first-order valence-electron chi connectivity index (χ1n) is 37.9. The van der Waals surface area contributed by atoms with Crippen LogP contribution >= 0.6 is 0 Å². The molecule has 0 aromatic heterocycles. The highest BCUT2D eigenvalue weighted by Gasteiger charge is 2.18. The van der Waals surface area contributed by atoms with Crippen molar-refractivity contribution in [2.24, 2.45) is 0 Å². The van der Waals surface area contributed by atoms with E-state index in [0.29, 0.717) is 56.1 Å². The largest absolute Gasteiger partial charge is 0.493 e. The van der Waals surface area contributed by atoms with Gasteiger partial charge in [-0.3, -0.25) is 28.8 Å². The van der Waals surface area contributed by atoms with Crippen molar-refractivity contribution in [3.05, 3.63) is 18.2 Å². The van der Waals surface area contributed by atoms with Gasteiger partial charge in [-0.2, -0.15) is 0 Å². The Hall–Kier alpha value is -4.68. The van der Waals surface area contributed by atoms with Gasteiger partial charge in [-0.1, -0.05) is 234 Å². The molecule has 18 nitrogen and oxygen atoms in total. The van der Waals surface area contributed by atoms with Crippen molar-refractivity contribution in [1.82, 2.24) is 30.7 Å². The van der Waals surface area contributed by atoms with Crippen molar-refractivity contribution >= 4 is 35.4 Å². The third-order valence-electron chi connectivity index (χ3n) is 16.7. The predicted molar refractivity (Wildman–Crippen MR) is 378 cm³/mol. The summed E-state index contributed by atoms with van der Waals surface area (Å²) in [7, 11) is 0. The van der Waals surface area contributed by atoms with E-state index in [-0.39, 0.29) is 94.9 Å². The lowest BCUT2D eigenvalue weighted by Crippen LogP contribution is -2.37. The van der Waals surface area contributed by atoms with Gasteiger partial charge in [0.15, 0.2) is 0 Å². The summed E-state index contributed by atoms with van der Waals surface area (Å²) in [5, 5.41) is 8.62. The van der Waals surface area contributed by atoms with E-state index < -0.39 is 0 Å². The van der Waals surface area contributed by atoms with Gasteiger partial charge in [-0.25, -0.2) is 0 Å². The molecular weight excluding hydrogens is 1180 g/mol. The van der Waals surface area contributed by atoms with Crippen molar-refractivity contribution in [3.8, 4) is 17.2 Å². The fraction of sp³-hybridized carbons (Fsp3) is 0.840. The van der Waals surface area contributed by atoms with E-state index in [2.05, 4.69) is 57.5 Å². The number of rotatable bonds is 69. The van der Waals surface area contributed by atoms with E-state index in [1.165, 1.54) is 154 Å². The van der Waals surface area contributed by atoms with Crippen LogP contribution in [0.2, 0.25) is 0 Å². The van der Waals surface area contributed by atoms with Crippen molar-refractivity contribution in [2.45, 2.75) is 292 Å². The summed E-state index contributed by atoms with van der Waals surface area (Å²) < 4.78 is 35.3. The number of unbranched alkanes of at least 4 members (excludes halogenated alkanes) is 30. The predicted octanol–water partition coefficient (Wildman–Crippen LogP) is 15.0. The molecule has 1 aromatic rings. The monoisotopic (exact) mass is 1320 g/mol. The lowest BCUT2D eigenvalue weighted by Gasteiger charge is -2.23. The van der Waals surface area contributed by atoms with Crippen molar-refractivity contribution in [2.75, 3.05) is 118 Å². The van der Waals surface area contributed by atoms with E-state index in [1.807, 2.05) is 14.7 Å². The summed E-state index contributed by atoms with van der Waals surface area (Å²) in [4.78, 5) is 83.8. The number of amides is 6. The summed E-state index contributed by atoms with van der Waals surface area (Å²) in [6, 6.07) is 5.28. The van der Waals surface area contributed by atoms with Gasteiger partial charge >= 0.3 is 0 Å². The van der Waals surface area contributed by atoms with Crippen LogP contribution in [0.15, 0.2) is 18.2 Å². The molecule has 0 saturated carbocycles. The molecule has 0 aliphatic rings. The molecule has 1 aromatic carbocycles. The molecule has 3 N–H and O–H groups in total. The van der Waals surface area contributed by atoms with Crippen LogP contribution in [0.25, 0.3) is 0 Å². The second kappa shape index (κ2) is 64.6. The summed E-state index contributed by atoms with van der Waals surface area (Å²) in [6.07, 6.45) is 43.1. The average Bonchev–Trinajstić information content (AvgIpc) is 2.82. The normalized spacial score (nSPS) is 11.2. The van der Waals surface area contributed by atoms with Crippen LogP contribution in [-0.2, 0) is 43.0 Å². The number of carbonyl (C=O) groups excluding carboxylic acids is 6. The molecule has 540 valence electrons. The van der Waals surface area contributed by atoms with Crippen LogP contribution in [0.3, 0.4) is 0 Å². The number of nitrogens with one attached hydrogen (secondary N) is 3. The molecule has 0 fully saturated rings. The number of nitrogens with zero attached hydrogens (tertiary/aromatic N) is 3. The van der Waals surface area contributed by atoms with Crippen LogP contribution in [-0.4, -0.2) is 169 Å². The van der Waals surface area contributed by atoms with Crippen LogP contribution in [0.4, 0.5) is 0 Å². The zero-order valence-electron chi connectivity index (χ0n) is 60.3. The molecule has 6 amide bonds. The van der Waals surface area contributed by atoms with E-state index in [9.17, 15) is 28.8 Å². The Morgan fingerprint density at radius 3 is 0.667 bits per heavy atom. The van der Waals surface area contributed by atoms with Crippen LogP contribution < -0.4 is 30.2 Å². The Balaban J connectivity index is 2.82. The third-order valence-corrected chi connectivity index (χ3v) is 16.7. The van der Waals surface area contributed by atoms with Gasteiger partial charge in [0.2, 0.25) is 35.4 Å². The van der Waals surface area contributed by atoms with E-state index in [1.54, 1.807) is 18.2 Å². The molecule has 1 rings (SSSR count). The minimum absolute atomic E-state index is 0.0679. The minimum atomic E-state index is -0.302.